The number of rotatable bonds is 5. The zero-order chi connectivity index (χ0) is 17.3. The predicted molar refractivity (Wildman–Crippen MR) is 88.9 cm³/mol. The third-order valence-corrected chi connectivity index (χ3v) is 4.87. The minimum atomic E-state index is -0.920. The van der Waals surface area contributed by atoms with Crippen molar-refractivity contribution in [1.29, 1.82) is 0 Å². The molecular weight excluding hydrogens is 308 g/mol. The van der Waals surface area contributed by atoms with Gasteiger partial charge in [0.15, 0.2) is 0 Å². The average molecular weight is 332 g/mol. The first kappa shape index (κ1) is 16.8. The Morgan fingerprint density at radius 3 is 2.71 bits per heavy atom. The smallest absolute Gasteiger partial charge is 0.325 e. The highest BCUT2D eigenvalue weighted by molar-refractivity contribution is 6.07. The molecule has 1 aromatic rings. The van der Waals surface area contributed by atoms with Crippen LogP contribution in [0.1, 0.15) is 36.8 Å². The van der Waals surface area contributed by atoms with E-state index in [2.05, 4.69) is 5.32 Å². The van der Waals surface area contributed by atoms with Crippen LogP contribution in [-0.4, -0.2) is 46.7 Å². The molecule has 24 heavy (non-hydrogen) atoms. The fourth-order valence-electron chi connectivity index (χ4n) is 3.47. The topological polar surface area (TPSA) is 78.9 Å². The van der Waals surface area contributed by atoms with Crippen molar-refractivity contribution in [1.82, 2.24) is 10.2 Å². The number of ether oxygens (including phenoxy) is 1. The number of benzene rings is 1. The van der Waals surface area contributed by atoms with Gasteiger partial charge in [0.1, 0.15) is 24.0 Å². The maximum absolute atomic E-state index is 12.5. The Kier molecular flexibility index (Phi) is 4.49. The Hall–Kier alpha value is -2.08. The van der Waals surface area contributed by atoms with E-state index in [0.29, 0.717) is 18.6 Å². The van der Waals surface area contributed by atoms with Crippen LogP contribution in [-0.2, 0) is 4.79 Å². The first-order valence-corrected chi connectivity index (χ1v) is 8.43. The first-order valence-electron chi connectivity index (χ1n) is 8.43. The van der Waals surface area contributed by atoms with Crippen LogP contribution >= 0.6 is 0 Å². The quantitative estimate of drug-likeness (QED) is 0.807. The fourth-order valence-corrected chi connectivity index (χ4v) is 3.47. The molecule has 2 fully saturated rings. The molecule has 130 valence electrons. The lowest BCUT2D eigenvalue weighted by molar-refractivity contribution is -0.132. The van der Waals surface area contributed by atoms with E-state index < -0.39 is 17.7 Å². The van der Waals surface area contributed by atoms with Gasteiger partial charge in [-0.1, -0.05) is 25.0 Å². The molecule has 3 rings (SSSR count). The van der Waals surface area contributed by atoms with E-state index in [0.717, 1.165) is 28.9 Å². The Balaban J connectivity index is 1.59. The molecule has 0 radical (unpaired) electrons. The van der Waals surface area contributed by atoms with Gasteiger partial charge in [0.2, 0.25) is 0 Å². The molecule has 0 bridgehead atoms. The number of carbonyl (C=O) groups is 2. The van der Waals surface area contributed by atoms with Gasteiger partial charge in [-0.2, -0.15) is 0 Å². The van der Waals surface area contributed by atoms with E-state index in [-0.39, 0.29) is 19.1 Å². The number of urea groups is 1. The Labute approximate surface area is 141 Å². The van der Waals surface area contributed by atoms with Gasteiger partial charge >= 0.3 is 6.03 Å². The fraction of sp³-hybridized carbons (Fsp3) is 0.556. The standard InChI is InChI=1S/C18H24N2O4/c1-12-5-6-13(2)15(9-12)24-11-14(21)10-20-16(22)18(19-17(20)23)7-3-4-8-18/h5-6,9,14,21H,3-4,7-8,10-11H2,1-2H3,(H,19,23)/t14-/m1/s1. The van der Waals surface area contributed by atoms with Gasteiger partial charge in [0.25, 0.3) is 5.91 Å². The van der Waals surface area contributed by atoms with Gasteiger partial charge < -0.3 is 15.2 Å². The largest absolute Gasteiger partial charge is 0.491 e. The lowest BCUT2D eigenvalue weighted by Crippen LogP contribution is -2.45. The number of β-amino-alcohol motifs (C(OH)–C–C–N with tert-alkyl or cyclic N) is 1. The molecule has 3 amide bonds. The van der Waals surface area contributed by atoms with Gasteiger partial charge in [-0.15, -0.1) is 0 Å². The molecule has 6 heteroatoms. The summed E-state index contributed by atoms with van der Waals surface area (Å²) in [4.78, 5) is 25.8. The normalized spacial score (nSPS) is 20.5. The number of amides is 3. The van der Waals surface area contributed by atoms with Crippen molar-refractivity contribution in [3.8, 4) is 5.75 Å². The van der Waals surface area contributed by atoms with Crippen LogP contribution in [0, 0.1) is 13.8 Å². The summed E-state index contributed by atoms with van der Waals surface area (Å²) in [6.07, 6.45) is 2.33. The number of carbonyl (C=O) groups excluding carboxylic acids is 2. The number of imide groups is 1. The molecule has 1 saturated heterocycles. The highest BCUT2D eigenvalue weighted by Crippen LogP contribution is 2.35. The monoisotopic (exact) mass is 332 g/mol. The molecule has 0 aromatic heterocycles. The van der Waals surface area contributed by atoms with Crippen molar-refractivity contribution in [2.75, 3.05) is 13.2 Å². The maximum atomic E-state index is 12.5. The average Bonchev–Trinajstić information content (AvgIpc) is 3.10. The number of hydrogen-bond donors (Lipinski definition) is 2. The first-order chi connectivity index (χ1) is 11.4. The van der Waals surface area contributed by atoms with Crippen LogP contribution < -0.4 is 10.1 Å². The van der Waals surface area contributed by atoms with Gasteiger partial charge in [-0.05, 0) is 43.9 Å². The van der Waals surface area contributed by atoms with Crippen LogP contribution in [0.3, 0.4) is 0 Å². The Morgan fingerprint density at radius 1 is 1.29 bits per heavy atom. The summed E-state index contributed by atoms with van der Waals surface area (Å²) >= 11 is 0. The van der Waals surface area contributed by atoms with Crippen LogP contribution in [0.15, 0.2) is 18.2 Å². The molecule has 0 unspecified atom stereocenters. The second-order valence-corrected chi connectivity index (χ2v) is 6.87. The van der Waals surface area contributed by atoms with Crippen LogP contribution in [0.4, 0.5) is 4.79 Å². The molecule has 1 spiro atoms. The summed E-state index contributed by atoms with van der Waals surface area (Å²) in [6.45, 7) is 3.89. The summed E-state index contributed by atoms with van der Waals surface area (Å²) in [6, 6.07) is 5.45. The minimum Gasteiger partial charge on any atom is -0.491 e. The minimum absolute atomic E-state index is 0.0361. The summed E-state index contributed by atoms with van der Waals surface area (Å²) < 4.78 is 5.66. The highest BCUT2D eigenvalue weighted by atomic mass is 16.5. The molecule has 1 atom stereocenters. The van der Waals surface area contributed by atoms with E-state index in [1.54, 1.807) is 0 Å². The Bertz CT molecular complexity index is 652. The summed E-state index contributed by atoms with van der Waals surface area (Å²) in [5.41, 5.74) is 1.32. The van der Waals surface area contributed by atoms with E-state index in [4.69, 9.17) is 4.74 Å². The van der Waals surface area contributed by atoms with E-state index in [9.17, 15) is 14.7 Å². The summed E-state index contributed by atoms with van der Waals surface area (Å²) in [5, 5.41) is 13.0. The second-order valence-electron chi connectivity index (χ2n) is 6.87. The lowest BCUT2D eigenvalue weighted by Gasteiger charge is -2.21. The van der Waals surface area contributed by atoms with Crippen molar-refractivity contribution in [2.45, 2.75) is 51.2 Å². The van der Waals surface area contributed by atoms with Crippen LogP contribution in [0.5, 0.6) is 5.75 Å². The number of hydrogen-bond acceptors (Lipinski definition) is 4. The highest BCUT2D eigenvalue weighted by Gasteiger charge is 2.52. The summed E-state index contributed by atoms with van der Waals surface area (Å²) in [7, 11) is 0. The van der Waals surface area contributed by atoms with E-state index in [1.165, 1.54) is 0 Å². The number of aryl methyl sites for hydroxylation is 2. The molecule has 2 aliphatic rings. The van der Waals surface area contributed by atoms with Gasteiger partial charge in [0.05, 0.1) is 6.54 Å². The molecule has 6 nitrogen and oxygen atoms in total. The number of aliphatic hydroxyl groups is 1. The molecule has 1 aromatic carbocycles. The molecular formula is C18H24N2O4. The van der Waals surface area contributed by atoms with Crippen molar-refractivity contribution in [3.05, 3.63) is 29.3 Å². The van der Waals surface area contributed by atoms with Crippen LogP contribution in [0.25, 0.3) is 0 Å². The molecule has 1 heterocycles. The van der Waals surface area contributed by atoms with Crippen molar-refractivity contribution in [3.63, 3.8) is 0 Å². The van der Waals surface area contributed by atoms with Gasteiger partial charge in [-0.25, -0.2) is 4.79 Å². The predicted octanol–water partition coefficient (Wildman–Crippen LogP) is 1.91. The second kappa shape index (κ2) is 6.43. The van der Waals surface area contributed by atoms with Gasteiger partial charge in [0, 0.05) is 0 Å². The number of nitrogens with one attached hydrogen (secondary N) is 1. The van der Waals surface area contributed by atoms with Gasteiger partial charge in [-0.3, -0.25) is 9.69 Å². The number of aliphatic hydroxyl groups excluding tert-OH is 1. The molecule has 1 aliphatic heterocycles. The van der Waals surface area contributed by atoms with Crippen molar-refractivity contribution >= 4 is 11.9 Å². The third-order valence-electron chi connectivity index (χ3n) is 4.87. The van der Waals surface area contributed by atoms with E-state index >= 15 is 0 Å². The third kappa shape index (κ3) is 3.11. The van der Waals surface area contributed by atoms with Crippen LogP contribution in [0.2, 0.25) is 0 Å². The lowest BCUT2D eigenvalue weighted by atomic mass is 9.98. The Morgan fingerprint density at radius 2 is 2.00 bits per heavy atom. The SMILES string of the molecule is Cc1ccc(C)c(OC[C@H](O)CN2C(=O)NC3(CCCC3)C2=O)c1. The maximum Gasteiger partial charge on any atom is 0.325 e. The number of nitrogens with zero attached hydrogens (tertiary/aromatic N) is 1. The summed E-state index contributed by atoms with van der Waals surface area (Å²) in [5.74, 6) is 0.495. The zero-order valence-corrected chi connectivity index (χ0v) is 14.2. The zero-order valence-electron chi connectivity index (χ0n) is 14.2. The molecule has 2 N–H and O–H groups in total. The van der Waals surface area contributed by atoms with E-state index in [1.807, 2.05) is 32.0 Å². The van der Waals surface area contributed by atoms with Crippen molar-refractivity contribution in [2.24, 2.45) is 0 Å². The molecule has 1 saturated carbocycles. The molecule has 1 aliphatic carbocycles. The van der Waals surface area contributed by atoms with Crippen molar-refractivity contribution < 1.29 is 19.4 Å².